The van der Waals surface area contributed by atoms with Crippen molar-refractivity contribution in [2.45, 2.75) is 31.8 Å². The molecule has 0 aliphatic heterocycles. The molecule has 98 valence electrons. The van der Waals surface area contributed by atoms with Crippen molar-refractivity contribution in [1.29, 1.82) is 0 Å². The molecule has 0 aromatic heterocycles. The predicted molar refractivity (Wildman–Crippen MR) is 72.2 cm³/mol. The van der Waals surface area contributed by atoms with Crippen molar-refractivity contribution in [2.24, 2.45) is 5.92 Å². The van der Waals surface area contributed by atoms with Crippen molar-refractivity contribution < 1.29 is 9.90 Å². The minimum Gasteiger partial charge on any atom is -0.480 e. The maximum absolute atomic E-state index is 11.2. The summed E-state index contributed by atoms with van der Waals surface area (Å²) < 4.78 is 0. The van der Waals surface area contributed by atoms with Crippen LogP contribution in [0.2, 0.25) is 10.0 Å². The maximum Gasteiger partial charge on any atom is 0.320 e. The zero-order valence-corrected chi connectivity index (χ0v) is 11.5. The number of hydrogen-bond acceptors (Lipinski definition) is 2. The van der Waals surface area contributed by atoms with E-state index in [1.54, 1.807) is 18.2 Å². The molecule has 0 spiro atoms. The molecule has 1 saturated carbocycles. The van der Waals surface area contributed by atoms with Gasteiger partial charge in [0, 0.05) is 16.1 Å². The van der Waals surface area contributed by atoms with Gasteiger partial charge in [-0.25, -0.2) is 0 Å². The molecule has 2 atom stereocenters. The SMILES string of the molecule is CC(NC(C(=O)O)C1CC1)c1cc(Cl)ccc1Cl. The first-order valence-electron chi connectivity index (χ1n) is 5.93. The van der Waals surface area contributed by atoms with E-state index in [-0.39, 0.29) is 12.0 Å². The highest BCUT2D eigenvalue weighted by molar-refractivity contribution is 6.33. The van der Waals surface area contributed by atoms with E-state index in [1.165, 1.54) is 0 Å². The fourth-order valence-electron chi connectivity index (χ4n) is 2.04. The lowest BCUT2D eigenvalue weighted by molar-refractivity contribution is -0.140. The van der Waals surface area contributed by atoms with Crippen LogP contribution in [0.25, 0.3) is 0 Å². The van der Waals surface area contributed by atoms with Gasteiger partial charge in [-0.2, -0.15) is 0 Å². The second-order valence-electron chi connectivity index (χ2n) is 4.71. The summed E-state index contributed by atoms with van der Waals surface area (Å²) in [5.74, 6) is -0.564. The number of aliphatic carboxylic acids is 1. The van der Waals surface area contributed by atoms with Crippen LogP contribution in [0.3, 0.4) is 0 Å². The summed E-state index contributed by atoms with van der Waals surface area (Å²) in [5, 5.41) is 13.5. The van der Waals surface area contributed by atoms with E-state index < -0.39 is 12.0 Å². The van der Waals surface area contributed by atoms with E-state index in [9.17, 15) is 9.90 Å². The summed E-state index contributed by atoms with van der Waals surface area (Å²) in [5.41, 5.74) is 0.830. The van der Waals surface area contributed by atoms with Crippen LogP contribution in [0, 0.1) is 5.92 Å². The van der Waals surface area contributed by atoms with Crippen molar-refractivity contribution in [1.82, 2.24) is 5.32 Å². The van der Waals surface area contributed by atoms with Gasteiger partial charge in [0.25, 0.3) is 0 Å². The third-order valence-corrected chi connectivity index (χ3v) is 3.79. The molecule has 0 bridgehead atoms. The Morgan fingerprint density at radius 1 is 1.44 bits per heavy atom. The summed E-state index contributed by atoms with van der Waals surface area (Å²) in [4.78, 5) is 11.2. The summed E-state index contributed by atoms with van der Waals surface area (Å²) in [6.45, 7) is 1.90. The van der Waals surface area contributed by atoms with Gasteiger partial charge in [0.1, 0.15) is 6.04 Å². The molecule has 1 fully saturated rings. The molecule has 2 rings (SSSR count). The molecule has 18 heavy (non-hydrogen) atoms. The van der Waals surface area contributed by atoms with E-state index in [4.69, 9.17) is 23.2 Å². The molecule has 0 saturated heterocycles. The molecule has 1 aliphatic carbocycles. The fraction of sp³-hybridized carbons (Fsp3) is 0.462. The first-order valence-corrected chi connectivity index (χ1v) is 6.68. The second-order valence-corrected chi connectivity index (χ2v) is 5.55. The van der Waals surface area contributed by atoms with Gasteiger partial charge in [-0.3, -0.25) is 10.1 Å². The maximum atomic E-state index is 11.2. The Hall–Kier alpha value is -0.770. The van der Waals surface area contributed by atoms with Crippen molar-refractivity contribution in [3.05, 3.63) is 33.8 Å². The summed E-state index contributed by atoms with van der Waals surface area (Å²) in [6.07, 6.45) is 1.94. The molecule has 0 heterocycles. The first kappa shape index (κ1) is 13.7. The van der Waals surface area contributed by atoms with E-state index in [0.717, 1.165) is 18.4 Å². The van der Waals surface area contributed by atoms with Crippen LogP contribution in [0.5, 0.6) is 0 Å². The van der Waals surface area contributed by atoms with E-state index in [1.807, 2.05) is 6.92 Å². The number of hydrogen-bond donors (Lipinski definition) is 2. The number of halogens is 2. The number of benzene rings is 1. The minimum absolute atomic E-state index is 0.141. The van der Waals surface area contributed by atoms with Gasteiger partial charge >= 0.3 is 5.97 Å². The molecule has 2 unspecified atom stereocenters. The molecule has 1 aromatic rings. The first-order chi connectivity index (χ1) is 8.49. The summed E-state index contributed by atoms with van der Waals surface area (Å²) in [6, 6.07) is 4.57. The van der Waals surface area contributed by atoms with Crippen LogP contribution >= 0.6 is 23.2 Å². The number of carboxylic acids is 1. The molecule has 1 aromatic carbocycles. The molecular weight excluding hydrogens is 273 g/mol. The second kappa shape index (κ2) is 5.47. The van der Waals surface area contributed by atoms with Crippen LogP contribution in [-0.2, 0) is 4.79 Å². The number of carbonyl (C=O) groups is 1. The third-order valence-electron chi connectivity index (χ3n) is 3.21. The molecule has 1 aliphatic rings. The Kier molecular flexibility index (Phi) is 4.15. The molecule has 3 nitrogen and oxygen atoms in total. The summed E-state index contributed by atoms with van der Waals surface area (Å²) in [7, 11) is 0. The highest BCUT2D eigenvalue weighted by Gasteiger charge is 2.37. The third kappa shape index (κ3) is 3.16. The fourth-order valence-corrected chi connectivity index (χ4v) is 2.51. The van der Waals surface area contributed by atoms with Crippen molar-refractivity contribution in [2.75, 3.05) is 0 Å². The lowest BCUT2D eigenvalue weighted by atomic mass is 10.1. The quantitative estimate of drug-likeness (QED) is 0.871. The van der Waals surface area contributed by atoms with Gasteiger partial charge in [-0.05, 0) is 49.4 Å². The lowest BCUT2D eigenvalue weighted by Crippen LogP contribution is -2.40. The van der Waals surface area contributed by atoms with Gasteiger partial charge in [-0.15, -0.1) is 0 Å². The van der Waals surface area contributed by atoms with Gasteiger partial charge in [0.15, 0.2) is 0 Å². The van der Waals surface area contributed by atoms with Gasteiger partial charge in [0.05, 0.1) is 0 Å². The Morgan fingerprint density at radius 2 is 2.11 bits per heavy atom. The standard InChI is InChI=1S/C13H15Cl2NO2/c1-7(10-6-9(14)4-5-11(10)15)16-12(13(17)18)8-2-3-8/h4-8,12,16H,2-3H2,1H3,(H,17,18). The molecular formula is C13H15Cl2NO2. The highest BCUT2D eigenvalue weighted by atomic mass is 35.5. The number of carboxylic acid groups (broad SMARTS) is 1. The van der Waals surface area contributed by atoms with Gasteiger partial charge in [0.2, 0.25) is 0 Å². The minimum atomic E-state index is -0.803. The number of nitrogens with one attached hydrogen (secondary N) is 1. The van der Waals surface area contributed by atoms with E-state index >= 15 is 0 Å². The van der Waals surface area contributed by atoms with Gasteiger partial charge in [-0.1, -0.05) is 23.2 Å². The van der Waals surface area contributed by atoms with E-state index in [2.05, 4.69) is 5.32 Å². The molecule has 5 heteroatoms. The number of rotatable bonds is 5. The topological polar surface area (TPSA) is 49.3 Å². The predicted octanol–water partition coefficient (Wildman–Crippen LogP) is 3.51. The molecule has 0 radical (unpaired) electrons. The van der Waals surface area contributed by atoms with Crippen LogP contribution in [0.1, 0.15) is 31.4 Å². The van der Waals surface area contributed by atoms with Crippen LogP contribution in [0.4, 0.5) is 0 Å². The normalized spacial score (nSPS) is 18.4. The Bertz CT molecular complexity index is 460. The van der Waals surface area contributed by atoms with Crippen LogP contribution in [-0.4, -0.2) is 17.1 Å². The van der Waals surface area contributed by atoms with Crippen molar-refractivity contribution >= 4 is 29.2 Å². The van der Waals surface area contributed by atoms with Crippen molar-refractivity contribution in [3.8, 4) is 0 Å². The van der Waals surface area contributed by atoms with Crippen LogP contribution in [0.15, 0.2) is 18.2 Å². The average molecular weight is 288 g/mol. The Morgan fingerprint density at radius 3 is 2.67 bits per heavy atom. The molecule has 2 N–H and O–H groups in total. The zero-order chi connectivity index (χ0) is 13.3. The average Bonchev–Trinajstić information content (AvgIpc) is 3.12. The zero-order valence-electron chi connectivity index (χ0n) is 9.99. The van der Waals surface area contributed by atoms with Gasteiger partial charge < -0.3 is 5.11 Å². The molecule has 0 amide bonds. The highest BCUT2D eigenvalue weighted by Crippen LogP contribution is 2.34. The lowest BCUT2D eigenvalue weighted by Gasteiger charge is -2.21. The Balaban J connectivity index is 2.12. The van der Waals surface area contributed by atoms with Crippen molar-refractivity contribution in [3.63, 3.8) is 0 Å². The Labute approximate surface area is 116 Å². The largest absolute Gasteiger partial charge is 0.480 e. The van der Waals surface area contributed by atoms with Crippen LogP contribution < -0.4 is 5.32 Å². The summed E-state index contributed by atoms with van der Waals surface area (Å²) >= 11 is 12.0. The van der Waals surface area contributed by atoms with E-state index in [0.29, 0.717) is 10.0 Å². The smallest absolute Gasteiger partial charge is 0.320 e. The monoisotopic (exact) mass is 287 g/mol.